The van der Waals surface area contributed by atoms with Crippen molar-refractivity contribution in [3.05, 3.63) is 16.0 Å². The van der Waals surface area contributed by atoms with Crippen molar-refractivity contribution in [2.75, 3.05) is 12.4 Å². The van der Waals surface area contributed by atoms with E-state index in [1.807, 2.05) is 0 Å². The number of thiophene rings is 1. The molecule has 0 aromatic carbocycles. The second kappa shape index (κ2) is 5.64. The van der Waals surface area contributed by atoms with E-state index in [0.29, 0.717) is 22.9 Å². The number of rotatable bonds is 3. The number of fused-ring (bicyclic) bond motifs is 1. The number of anilines is 1. The lowest BCUT2D eigenvalue weighted by molar-refractivity contribution is -0.120. The highest BCUT2D eigenvalue weighted by Gasteiger charge is 2.68. The van der Waals surface area contributed by atoms with Gasteiger partial charge in [0.05, 0.1) is 18.1 Å². The molecule has 0 saturated heterocycles. The normalized spacial score (nSPS) is 28.0. The highest BCUT2D eigenvalue weighted by atomic mass is 35.5. The molecule has 4 nitrogen and oxygen atoms in total. The number of esters is 1. The van der Waals surface area contributed by atoms with Crippen molar-refractivity contribution in [1.82, 2.24) is 0 Å². The van der Waals surface area contributed by atoms with E-state index in [2.05, 4.69) is 12.2 Å². The van der Waals surface area contributed by atoms with Crippen molar-refractivity contribution in [1.29, 1.82) is 0 Å². The van der Waals surface area contributed by atoms with Gasteiger partial charge in [0.25, 0.3) is 0 Å². The smallest absolute Gasteiger partial charge is 0.341 e. The van der Waals surface area contributed by atoms with Gasteiger partial charge in [-0.25, -0.2) is 4.79 Å². The fraction of sp³-hybridized carbons (Fsp3) is 0.625. The van der Waals surface area contributed by atoms with Crippen LogP contribution in [0.2, 0.25) is 0 Å². The number of halogens is 2. The first kappa shape index (κ1) is 17.1. The number of ether oxygens (including phenoxy) is 1. The highest BCUT2D eigenvalue weighted by molar-refractivity contribution is 7.17. The average molecular weight is 376 g/mol. The summed E-state index contributed by atoms with van der Waals surface area (Å²) in [6.45, 7) is 3.93. The van der Waals surface area contributed by atoms with Crippen LogP contribution in [0.25, 0.3) is 0 Å². The van der Waals surface area contributed by atoms with E-state index < -0.39 is 15.7 Å². The number of carbonyl (C=O) groups excluding carboxylic acids is 2. The van der Waals surface area contributed by atoms with Gasteiger partial charge in [-0.1, -0.05) is 6.92 Å². The number of methoxy groups -OCH3 is 1. The topological polar surface area (TPSA) is 55.4 Å². The van der Waals surface area contributed by atoms with E-state index in [4.69, 9.17) is 27.9 Å². The molecule has 0 aliphatic heterocycles. The molecule has 1 aromatic rings. The van der Waals surface area contributed by atoms with Crippen LogP contribution in [0.1, 0.15) is 47.5 Å². The molecular weight excluding hydrogens is 357 g/mol. The zero-order valence-electron chi connectivity index (χ0n) is 13.3. The minimum absolute atomic E-state index is 0.251. The summed E-state index contributed by atoms with van der Waals surface area (Å²) in [4.78, 5) is 25.9. The molecule has 2 aliphatic carbocycles. The van der Waals surface area contributed by atoms with Crippen LogP contribution in [-0.2, 0) is 22.4 Å². The third kappa shape index (κ3) is 2.77. The van der Waals surface area contributed by atoms with E-state index in [9.17, 15) is 9.59 Å². The summed E-state index contributed by atoms with van der Waals surface area (Å²) in [6, 6.07) is 0. The number of hydrogen-bond acceptors (Lipinski definition) is 4. The third-order valence-electron chi connectivity index (χ3n) is 4.89. The monoisotopic (exact) mass is 375 g/mol. The van der Waals surface area contributed by atoms with Crippen LogP contribution in [0.5, 0.6) is 0 Å². The summed E-state index contributed by atoms with van der Waals surface area (Å²) < 4.78 is 3.88. The van der Waals surface area contributed by atoms with Gasteiger partial charge < -0.3 is 10.1 Å². The minimum atomic E-state index is -1.03. The summed E-state index contributed by atoms with van der Waals surface area (Å²) in [5.41, 5.74) is 0.687. The Morgan fingerprint density at radius 1 is 1.39 bits per heavy atom. The molecule has 0 spiro atoms. The average Bonchev–Trinajstić information content (AvgIpc) is 2.84. The molecule has 1 amide bonds. The van der Waals surface area contributed by atoms with Crippen molar-refractivity contribution >= 4 is 51.4 Å². The molecule has 1 fully saturated rings. The van der Waals surface area contributed by atoms with Crippen LogP contribution in [0.3, 0.4) is 0 Å². The van der Waals surface area contributed by atoms with Gasteiger partial charge in [-0.15, -0.1) is 34.5 Å². The van der Waals surface area contributed by atoms with Crippen molar-refractivity contribution in [2.24, 2.45) is 11.3 Å². The van der Waals surface area contributed by atoms with Gasteiger partial charge in [0, 0.05) is 4.88 Å². The van der Waals surface area contributed by atoms with Crippen LogP contribution in [0.15, 0.2) is 0 Å². The molecule has 2 aliphatic rings. The number of carbonyl (C=O) groups is 2. The summed E-state index contributed by atoms with van der Waals surface area (Å²) in [5, 5.41) is 3.42. The summed E-state index contributed by atoms with van der Waals surface area (Å²) in [7, 11) is 1.36. The van der Waals surface area contributed by atoms with Gasteiger partial charge >= 0.3 is 5.97 Å². The molecule has 3 rings (SSSR count). The van der Waals surface area contributed by atoms with E-state index in [-0.39, 0.29) is 5.91 Å². The van der Waals surface area contributed by atoms with Crippen molar-refractivity contribution in [2.45, 2.75) is 43.9 Å². The number of amides is 1. The standard InChI is InChI=1S/C16H19Cl2NO3S/c1-8-4-5-9-10(6-8)23-12(11(9)13(20)22-3)19-14(21)15(2)7-16(15,17)18/h8H,4-7H2,1-3H3,(H,19,21)/t8-,15-/m1/s1. The molecule has 0 bridgehead atoms. The SMILES string of the molecule is COC(=O)c1c(NC(=O)[C@@]2(C)CC2(Cl)Cl)sc2c1CC[C@@H](C)C2. The summed E-state index contributed by atoms with van der Waals surface area (Å²) >= 11 is 13.6. The van der Waals surface area contributed by atoms with E-state index >= 15 is 0 Å². The molecule has 1 heterocycles. The Kier molecular flexibility index (Phi) is 4.18. The number of alkyl halides is 2. The Hall–Kier alpha value is -0.780. The first-order valence-corrected chi connectivity index (χ1v) is 9.19. The summed E-state index contributed by atoms with van der Waals surface area (Å²) in [6.07, 6.45) is 3.20. The van der Waals surface area contributed by atoms with Crippen LogP contribution >= 0.6 is 34.5 Å². The van der Waals surface area contributed by atoms with Gasteiger partial charge in [0.15, 0.2) is 0 Å². The number of nitrogens with one attached hydrogen (secondary N) is 1. The van der Waals surface area contributed by atoms with Crippen LogP contribution in [0, 0.1) is 11.3 Å². The van der Waals surface area contributed by atoms with Crippen molar-refractivity contribution < 1.29 is 14.3 Å². The third-order valence-corrected chi connectivity index (χ3v) is 7.16. The molecule has 1 aromatic heterocycles. The van der Waals surface area contributed by atoms with Gasteiger partial charge in [-0.3, -0.25) is 4.79 Å². The lowest BCUT2D eigenvalue weighted by Gasteiger charge is -2.18. The van der Waals surface area contributed by atoms with Gasteiger partial charge in [-0.05, 0) is 44.1 Å². The van der Waals surface area contributed by atoms with E-state index in [0.717, 1.165) is 29.7 Å². The van der Waals surface area contributed by atoms with E-state index in [1.165, 1.54) is 18.4 Å². The van der Waals surface area contributed by atoms with Crippen molar-refractivity contribution in [3.63, 3.8) is 0 Å². The summed E-state index contributed by atoms with van der Waals surface area (Å²) in [5.74, 6) is -0.0786. The maximum Gasteiger partial charge on any atom is 0.341 e. The van der Waals surface area contributed by atoms with E-state index in [1.54, 1.807) is 6.92 Å². The fourth-order valence-corrected chi connectivity index (χ4v) is 5.14. The quantitative estimate of drug-likeness (QED) is 0.636. The molecule has 0 unspecified atom stereocenters. The Bertz CT molecular complexity index is 685. The molecule has 126 valence electrons. The lowest BCUT2D eigenvalue weighted by Crippen LogP contribution is -2.26. The molecule has 1 N–H and O–H groups in total. The molecular formula is C16H19Cl2NO3S. The minimum Gasteiger partial charge on any atom is -0.465 e. The van der Waals surface area contributed by atoms with Gasteiger partial charge in [-0.2, -0.15) is 0 Å². The second-order valence-electron chi connectivity index (χ2n) is 6.71. The van der Waals surface area contributed by atoms with Crippen LogP contribution in [-0.4, -0.2) is 23.3 Å². The van der Waals surface area contributed by atoms with Crippen LogP contribution < -0.4 is 5.32 Å². The maximum absolute atomic E-state index is 12.5. The Labute approximate surface area is 149 Å². The maximum atomic E-state index is 12.5. The fourth-order valence-electron chi connectivity index (χ4n) is 3.04. The Balaban J connectivity index is 1.93. The molecule has 23 heavy (non-hydrogen) atoms. The second-order valence-corrected chi connectivity index (χ2v) is 9.30. The highest BCUT2D eigenvalue weighted by Crippen LogP contribution is 2.64. The zero-order valence-corrected chi connectivity index (χ0v) is 15.6. The molecule has 2 atom stereocenters. The molecule has 0 radical (unpaired) electrons. The largest absolute Gasteiger partial charge is 0.465 e. The predicted molar refractivity (Wildman–Crippen MR) is 92.6 cm³/mol. The molecule has 7 heteroatoms. The van der Waals surface area contributed by atoms with Crippen LogP contribution in [0.4, 0.5) is 5.00 Å². The zero-order chi connectivity index (χ0) is 17.0. The Morgan fingerprint density at radius 2 is 2.04 bits per heavy atom. The lowest BCUT2D eigenvalue weighted by atomic mass is 9.88. The molecule has 1 saturated carbocycles. The van der Waals surface area contributed by atoms with Crippen molar-refractivity contribution in [3.8, 4) is 0 Å². The first-order valence-electron chi connectivity index (χ1n) is 7.61. The van der Waals surface area contributed by atoms with Gasteiger partial charge in [0.1, 0.15) is 9.33 Å². The Morgan fingerprint density at radius 3 is 2.61 bits per heavy atom. The predicted octanol–water partition coefficient (Wildman–Crippen LogP) is 4.18. The first-order chi connectivity index (χ1) is 10.7. The van der Waals surface area contributed by atoms with Gasteiger partial charge in [0.2, 0.25) is 5.91 Å². The number of hydrogen-bond donors (Lipinski definition) is 1.